The molecule has 34 heavy (non-hydrogen) atoms. The van der Waals surface area contributed by atoms with Crippen molar-refractivity contribution in [1.29, 1.82) is 5.26 Å². The highest BCUT2D eigenvalue weighted by atomic mass is 35.5. The molecule has 0 aliphatic rings. The van der Waals surface area contributed by atoms with Gasteiger partial charge in [-0.05, 0) is 61.0 Å². The number of benzene rings is 2. The molecule has 0 bridgehead atoms. The maximum Gasteiger partial charge on any atom is 0.233 e. The molecule has 7 nitrogen and oxygen atoms in total. The summed E-state index contributed by atoms with van der Waals surface area (Å²) in [6, 6.07) is 21.1. The van der Waals surface area contributed by atoms with E-state index in [0.29, 0.717) is 34.9 Å². The summed E-state index contributed by atoms with van der Waals surface area (Å²) in [5, 5.41) is 19.0. The van der Waals surface area contributed by atoms with Crippen LogP contribution < -0.4 is 0 Å². The molecule has 4 aromatic rings. The van der Waals surface area contributed by atoms with Gasteiger partial charge in [-0.3, -0.25) is 9.36 Å². The molecular weight excluding hydrogens is 470 g/mol. The first kappa shape index (κ1) is 23.6. The Balaban J connectivity index is 1.60. The molecule has 0 aliphatic heterocycles. The second-order valence-electron chi connectivity index (χ2n) is 7.58. The van der Waals surface area contributed by atoms with Crippen molar-refractivity contribution in [3.63, 3.8) is 0 Å². The van der Waals surface area contributed by atoms with Gasteiger partial charge in [-0.25, -0.2) is 0 Å². The van der Waals surface area contributed by atoms with Crippen molar-refractivity contribution in [2.24, 2.45) is 0 Å². The van der Waals surface area contributed by atoms with Crippen LogP contribution in [-0.2, 0) is 11.3 Å². The Labute approximate surface area is 207 Å². The van der Waals surface area contributed by atoms with Gasteiger partial charge < -0.3 is 9.32 Å². The van der Waals surface area contributed by atoms with Crippen molar-refractivity contribution in [3.05, 3.63) is 83.3 Å². The quantitative estimate of drug-likeness (QED) is 0.286. The summed E-state index contributed by atoms with van der Waals surface area (Å²) in [6.07, 6.45) is 1.82. The summed E-state index contributed by atoms with van der Waals surface area (Å²) in [6.45, 7) is 2.67. The lowest BCUT2D eigenvalue weighted by molar-refractivity contribution is -0.129. The number of aryl methyl sites for hydroxylation is 1. The minimum Gasteiger partial charge on any atom is -0.467 e. The number of amides is 1. The molecule has 172 valence electrons. The summed E-state index contributed by atoms with van der Waals surface area (Å²) in [7, 11) is 0. The van der Waals surface area contributed by atoms with Crippen LogP contribution >= 0.6 is 23.4 Å². The number of hydrogen-bond acceptors (Lipinski definition) is 6. The van der Waals surface area contributed by atoms with E-state index in [0.717, 1.165) is 16.8 Å². The van der Waals surface area contributed by atoms with E-state index < -0.39 is 0 Å². The molecule has 2 aromatic carbocycles. The monoisotopic (exact) mass is 491 g/mol. The third kappa shape index (κ3) is 5.68. The molecule has 9 heteroatoms. The zero-order valence-electron chi connectivity index (χ0n) is 18.5. The zero-order chi connectivity index (χ0) is 23.9. The SMILES string of the molecule is Cc1cccc(-n2c(SCC(=O)N(CCC#N)Cc3ccco3)nnc2-c2ccc(Cl)cc2)c1. The molecule has 0 saturated heterocycles. The number of carbonyl (C=O) groups excluding carboxylic acids is 1. The van der Waals surface area contributed by atoms with Gasteiger partial charge in [0.1, 0.15) is 5.76 Å². The minimum atomic E-state index is -0.108. The highest BCUT2D eigenvalue weighted by Crippen LogP contribution is 2.29. The predicted molar refractivity (Wildman–Crippen MR) is 132 cm³/mol. The van der Waals surface area contributed by atoms with Crippen molar-refractivity contribution in [2.45, 2.75) is 25.0 Å². The van der Waals surface area contributed by atoms with Crippen LogP contribution in [0.25, 0.3) is 17.1 Å². The van der Waals surface area contributed by atoms with Crippen LogP contribution in [0.15, 0.2) is 76.5 Å². The third-order valence-corrected chi connectivity index (χ3v) is 6.26. The number of aromatic nitrogens is 3. The van der Waals surface area contributed by atoms with Crippen LogP contribution in [-0.4, -0.2) is 37.9 Å². The molecule has 0 fully saturated rings. The van der Waals surface area contributed by atoms with E-state index in [9.17, 15) is 4.79 Å². The van der Waals surface area contributed by atoms with E-state index in [-0.39, 0.29) is 18.1 Å². The number of rotatable bonds is 9. The number of halogens is 1. The van der Waals surface area contributed by atoms with Gasteiger partial charge in [-0.2, -0.15) is 5.26 Å². The molecule has 0 saturated carbocycles. The molecule has 0 atom stereocenters. The summed E-state index contributed by atoms with van der Waals surface area (Å²) >= 11 is 7.37. The second kappa shape index (κ2) is 11.1. The van der Waals surface area contributed by atoms with E-state index in [4.69, 9.17) is 21.3 Å². The first-order valence-corrected chi connectivity index (χ1v) is 12.0. The Kier molecular flexibility index (Phi) is 7.68. The number of hydrogen-bond donors (Lipinski definition) is 0. The lowest BCUT2D eigenvalue weighted by Gasteiger charge is -2.20. The molecule has 0 aliphatic carbocycles. The fraction of sp³-hybridized carbons (Fsp3) is 0.200. The van der Waals surface area contributed by atoms with Crippen LogP contribution in [0.3, 0.4) is 0 Å². The van der Waals surface area contributed by atoms with Gasteiger partial charge in [-0.15, -0.1) is 10.2 Å². The van der Waals surface area contributed by atoms with Crippen LogP contribution in [0.1, 0.15) is 17.7 Å². The second-order valence-corrected chi connectivity index (χ2v) is 8.96. The van der Waals surface area contributed by atoms with Gasteiger partial charge in [0.2, 0.25) is 5.91 Å². The molecule has 1 amide bonds. The Bertz CT molecular complexity index is 1300. The first-order chi connectivity index (χ1) is 16.5. The van der Waals surface area contributed by atoms with Gasteiger partial charge in [0.25, 0.3) is 0 Å². The first-order valence-electron chi connectivity index (χ1n) is 10.6. The maximum atomic E-state index is 13.0. The fourth-order valence-electron chi connectivity index (χ4n) is 3.43. The molecule has 0 unspecified atom stereocenters. The van der Waals surface area contributed by atoms with Gasteiger partial charge >= 0.3 is 0 Å². The highest BCUT2D eigenvalue weighted by Gasteiger charge is 2.20. The Morgan fingerprint density at radius 3 is 2.71 bits per heavy atom. The standard InChI is InChI=1S/C25H22ClN5O2S/c1-18-5-2-6-21(15-18)31-24(19-8-10-20(26)11-9-19)28-29-25(31)34-17-23(32)30(13-4-12-27)16-22-7-3-14-33-22/h2-3,5-11,14-15H,4,13,16-17H2,1H3. The van der Waals surface area contributed by atoms with Crippen molar-refractivity contribution < 1.29 is 9.21 Å². The summed E-state index contributed by atoms with van der Waals surface area (Å²) in [5.74, 6) is 1.37. The number of nitrogens with zero attached hydrogens (tertiary/aromatic N) is 5. The minimum absolute atomic E-state index is 0.108. The van der Waals surface area contributed by atoms with Crippen molar-refractivity contribution in [3.8, 4) is 23.1 Å². The van der Waals surface area contributed by atoms with E-state index >= 15 is 0 Å². The van der Waals surface area contributed by atoms with E-state index in [1.54, 1.807) is 17.2 Å². The lowest BCUT2D eigenvalue weighted by atomic mass is 10.2. The highest BCUT2D eigenvalue weighted by molar-refractivity contribution is 7.99. The maximum absolute atomic E-state index is 13.0. The topological polar surface area (TPSA) is 88.0 Å². The smallest absolute Gasteiger partial charge is 0.233 e. The number of carbonyl (C=O) groups is 1. The fourth-order valence-corrected chi connectivity index (χ4v) is 4.41. The van der Waals surface area contributed by atoms with Crippen LogP contribution in [0.4, 0.5) is 0 Å². The zero-order valence-corrected chi connectivity index (χ0v) is 20.1. The molecule has 4 rings (SSSR count). The predicted octanol–water partition coefficient (Wildman–Crippen LogP) is 5.52. The Morgan fingerprint density at radius 1 is 1.18 bits per heavy atom. The Hall–Kier alpha value is -3.54. The number of nitriles is 1. The normalized spacial score (nSPS) is 10.7. The van der Waals surface area contributed by atoms with Crippen molar-refractivity contribution in [1.82, 2.24) is 19.7 Å². The van der Waals surface area contributed by atoms with Crippen LogP contribution in [0.2, 0.25) is 5.02 Å². The van der Waals surface area contributed by atoms with Crippen molar-refractivity contribution in [2.75, 3.05) is 12.3 Å². The van der Waals surface area contributed by atoms with Crippen molar-refractivity contribution >= 4 is 29.3 Å². The number of thioether (sulfide) groups is 1. The summed E-state index contributed by atoms with van der Waals surface area (Å²) < 4.78 is 7.33. The van der Waals surface area contributed by atoms with Gasteiger partial charge in [0.05, 0.1) is 31.1 Å². The van der Waals surface area contributed by atoms with Gasteiger partial charge in [-0.1, -0.05) is 35.5 Å². The molecule has 2 heterocycles. The van der Waals surface area contributed by atoms with Crippen LogP contribution in [0, 0.1) is 18.3 Å². The van der Waals surface area contributed by atoms with E-state index in [1.165, 1.54) is 11.8 Å². The van der Waals surface area contributed by atoms with Gasteiger partial charge in [0.15, 0.2) is 11.0 Å². The molecule has 0 N–H and O–H groups in total. The molecule has 0 spiro atoms. The summed E-state index contributed by atoms with van der Waals surface area (Å²) in [4.78, 5) is 14.7. The average Bonchev–Trinajstić information content (AvgIpc) is 3.50. The molecule has 0 radical (unpaired) electrons. The van der Waals surface area contributed by atoms with E-state index in [1.807, 2.05) is 66.1 Å². The van der Waals surface area contributed by atoms with Crippen LogP contribution in [0.5, 0.6) is 0 Å². The molecule has 2 aromatic heterocycles. The third-order valence-electron chi connectivity index (χ3n) is 5.09. The largest absolute Gasteiger partial charge is 0.467 e. The van der Waals surface area contributed by atoms with E-state index in [2.05, 4.69) is 16.3 Å². The lowest BCUT2D eigenvalue weighted by Crippen LogP contribution is -2.32. The summed E-state index contributed by atoms with van der Waals surface area (Å²) in [5.41, 5.74) is 2.87. The average molecular weight is 492 g/mol. The van der Waals surface area contributed by atoms with Gasteiger partial charge in [0, 0.05) is 22.8 Å². The number of furan rings is 1. The Morgan fingerprint density at radius 2 is 2.00 bits per heavy atom. The molecular formula is C25H22ClN5O2S.